The van der Waals surface area contributed by atoms with Gasteiger partial charge in [-0.2, -0.15) is 0 Å². The Morgan fingerprint density at radius 1 is 0.525 bits per heavy atom. The molecule has 0 bridgehead atoms. The van der Waals surface area contributed by atoms with Crippen LogP contribution in [0.15, 0.2) is 152 Å². The zero-order valence-electron chi connectivity index (χ0n) is 26.4. The van der Waals surface area contributed by atoms with E-state index in [-0.39, 0.29) is 23.5 Å². The Bertz CT molecular complexity index is 2200. The highest BCUT2D eigenvalue weighted by Gasteiger charge is 2.15. The summed E-state index contributed by atoms with van der Waals surface area (Å²) in [5.41, 5.74) is 6.98. The minimum absolute atomic E-state index is 0.0388. The van der Waals surface area contributed by atoms with E-state index in [2.05, 4.69) is 52.4 Å². The van der Waals surface area contributed by atoms with Crippen molar-refractivity contribution in [3.05, 3.63) is 152 Å². The maximum atomic E-state index is 8.55. The summed E-state index contributed by atoms with van der Waals surface area (Å²) in [7, 11) is 0. The van der Waals surface area contributed by atoms with Crippen molar-refractivity contribution in [1.29, 1.82) is 0 Å². The van der Waals surface area contributed by atoms with Crippen molar-refractivity contribution in [2.75, 3.05) is 0 Å². The van der Waals surface area contributed by atoms with Crippen LogP contribution < -0.4 is 0 Å². The van der Waals surface area contributed by atoms with E-state index in [0.717, 1.165) is 49.7 Å². The van der Waals surface area contributed by atoms with Gasteiger partial charge in [0.05, 0.1) is 12.5 Å². The van der Waals surface area contributed by atoms with E-state index >= 15 is 0 Å². The van der Waals surface area contributed by atoms with Crippen LogP contribution in [0.1, 0.15) is 6.85 Å². The van der Waals surface area contributed by atoms with Gasteiger partial charge in [-0.3, -0.25) is 4.98 Å². The standard InChI is InChI=1S/C37H25N3/c1-2-11-27(12-3-1)37-39-25-35(30-16-6-14-28(22-30)32-18-9-21-38-24-32)36(40-37)31-17-7-15-29(23-31)34-20-8-13-26-10-4-5-19-33(26)34/h1-25H/i1D,2D,3D,11D,12D. The van der Waals surface area contributed by atoms with Crippen molar-refractivity contribution >= 4 is 10.8 Å². The molecule has 0 radical (unpaired) electrons. The first-order chi connectivity index (χ1) is 21.9. The van der Waals surface area contributed by atoms with E-state index in [4.69, 9.17) is 11.8 Å². The lowest BCUT2D eigenvalue weighted by Crippen LogP contribution is -1.96. The number of pyridine rings is 1. The zero-order valence-corrected chi connectivity index (χ0v) is 21.4. The molecule has 188 valence electrons. The number of hydrogen-bond acceptors (Lipinski definition) is 3. The second kappa shape index (κ2) is 10.4. The van der Waals surface area contributed by atoms with Gasteiger partial charge in [0.15, 0.2) is 5.82 Å². The van der Waals surface area contributed by atoms with Gasteiger partial charge in [-0.25, -0.2) is 9.97 Å². The van der Waals surface area contributed by atoms with E-state index in [1.54, 1.807) is 12.4 Å². The molecule has 0 saturated heterocycles. The zero-order chi connectivity index (χ0) is 31.1. The van der Waals surface area contributed by atoms with Crippen molar-refractivity contribution in [2.24, 2.45) is 0 Å². The third kappa shape index (κ3) is 4.55. The lowest BCUT2D eigenvalue weighted by atomic mass is 9.94. The minimum atomic E-state index is -0.458. The smallest absolute Gasteiger partial charge is 0.159 e. The van der Waals surface area contributed by atoms with E-state index in [1.165, 1.54) is 0 Å². The van der Waals surface area contributed by atoms with Gasteiger partial charge in [-0.05, 0) is 51.2 Å². The summed E-state index contributed by atoms with van der Waals surface area (Å²) in [5.74, 6) is 0.0599. The average molecular weight is 517 g/mol. The predicted molar refractivity (Wildman–Crippen MR) is 165 cm³/mol. The number of fused-ring (bicyclic) bond motifs is 1. The Balaban J connectivity index is 1.46. The maximum absolute atomic E-state index is 8.55. The Kier molecular flexibility index (Phi) is 4.88. The van der Waals surface area contributed by atoms with Crippen LogP contribution in [0.4, 0.5) is 0 Å². The summed E-state index contributed by atoms with van der Waals surface area (Å²) in [5, 5.41) is 2.27. The monoisotopic (exact) mass is 516 g/mol. The first-order valence-corrected chi connectivity index (χ1v) is 12.9. The molecule has 0 aliphatic heterocycles. The summed E-state index contributed by atoms with van der Waals surface area (Å²) < 4.78 is 41.6. The van der Waals surface area contributed by atoms with E-state index < -0.39 is 18.1 Å². The Morgan fingerprint density at radius 3 is 2.08 bits per heavy atom. The Hall–Kier alpha value is -5.41. The van der Waals surface area contributed by atoms with E-state index in [1.807, 2.05) is 66.9 Å². The summed E-state index contributed by atoms with van der Waals surface area (Å²) in [6.07, 6.45) is 5.22. The quantitative estimate of drug-likeness (QED) is 0.229. The highest BCUT2D eigenvalue weighted by molar-refractivity contribution is 5.97. The first kappa shape index (κ1) is 18.8. The van der Waals surface area contributed by atoms with Crippen LogP contribution in [0.25, 0.3) is 66.8 Å². The molecule has 7 rings (SSSR count). The fraction of sp³-hybridized carbons (Fsp3) is 0. The fourth-order valence-corrected chi connectivity index (χ4v) is 5.01. The van der Waals surface area contributed by atoms with Crippen LogP contribution in [0, 0.1) is 0 Å². The van der Waals surface area contributed by atoms with Gasteiger partial charge in [-0.15, -0.1) is 0 Å². The Morgan fingerprint density at radius 2 is 1.23 bits per heavy atom. The van der Waals surface area contributed by atoms with Crippen LogP contribution in [0.3, 0.4) is 0 Å². The second-order valence-electron chi connectivity index (χ2n) is 9.39. The summed E-state index contributed by atoms with van der Waals surface area (Å²) in [6, 6.07) is 32.5. The molecule has 7 aromatic rings. The van der Waals surface area contributed by atoms with Crippen LogP contribution in [-0.4, -0.2) is 15.0 Å². The molecule has 5 aromatic carbocycles. The molecule has 3 heteroatoms. The summed E-state index contributed by atoms with van der Waals surface area (Å²) >= 11 is 0. The van der Waals surface area contributed by atoms with Crippen LogP contribution in [0.5, 0.6) is 0 Å². The topological polar surface area (TPSA) is 38.7 Å². The van der Waals surface area contributed by atoms with Gasteiger partial charge in [0, 0.05) is 40.8 Å². The minimum Gasteiger partial charge on any atom is -0.264 e. The van der Waals surface area contributed by atoms with Gasteiger partial charge < -0.3 is 0 Å². The highest BCUT2D eigenvalue weighted by atomic mass is 14.9. The van der Waals surface area contributed by atoms with Gasteiger partial charge in [-0.1, -0.05) is 115 Å². The molecular weight excluding hydrogens is 486 g/mol. The van der Waals surface area contributed by atoms with Crippen LogP contribution in [0.2, 0.25) is 0 Å². The molecule has 3 nitrogen and oxygen atoms in total. The molecule has 0 N–H and O–H groups in total. The summed E-state index contributed by atoms with van der Waals surface area (Å²) in [4.78, 5) is 13.8. The number of hydrogen-bond donors (Lipinski definition) is 0. The van der Waals surface area contributed by atoms with Crippen molar-refractivity contribution in [3.8, 4) is 56.0 Å². The fourth-order valence-electron chi connectivity index (χ4n) is 5.01. The Labute approximate surface area is 240 Å². The number of benzene rings is 5. The van der Waals surface area contributed by atoms with E-state index in [9.17, 15) is 0 Å². The van der Waals surface area contributed by atoms with Crippen molar-refractivity contribution in [2.45, 2.75) is 0 Å². The largest absolute Gasteiger partial charge is 0.264 e. The number of nitrogens with zero attached hydrogens (tertiary/aromatic N) is 3. The van der Waals surface area contributed by atoms with Crippen molar-refractivity contribution in [3.63, 3.8) is 0 Å². The third-order valence-corrected chi connectivity index (χ3v) is 6.92. The van der Waals surface area contributed by atoms with E-state index in [0.29, 0.717) is 5.69 Å². The molecule has 0 unspecified atom stereocenters. The van der Waals surface area contributed by atoms with Gasteiger partial charge in [0.2, 0.25) is 0 Å². The van der Waals surface area contributed by atoms with Crippen molar-refractivity contribution < 1.29 is 6.85 Å². The first-order valence-electron chi connectivity index (χ1n) is 15.4. The maximum Gasteiger partial charge on any atom is 0.159 e. The molecule has 0 fully saturated rings. The van der Waals surface area contributed by atoms with Crippen LogP contribution in [-0.2, 0) is 0 Å². The average Bonchev–Trinajstić information content (AvgIpc) is 3.10. The normalized spacial score (nSPS) is 12.8. The molecule has 0 saturated carbocycles. The molecule has 0 spiro atoms. The highest BCUT2D eigenvalue weighted by Crippen LogP contribution is 2.36. The molecule has 2 aromatic heterocycles. The van der Waals surface area contributed by atoms with Gasteiger partial charge in [0.1, 0.15) is 0 Å². The molecular formula is C37H25N3. The number of rotatable bonds is 5. The SMILES string of the molecule is [2H]c1c([2H])c([2H])c(-c2ncc(-c3cccc(-c4cccnc4)c3)c(-c3cccc(-c4cccc5ccccc45)c3)n2)c([2H])c1[2H]. The molecule has 0 aliphatic carbocycles. The number of aromatic nitrogens is 3. The predicted octanol–water partition coefficient (Wildman–Crippen LogP) is 9.36. The second-order valence-corrected chi connectivity index (χ2v) is 9.39. The van der Waals surface area contributed by atoms with Crippen molar-refractivity contribution in [1.82, 2.24) is 15.0 Å². The van der Waals surface area contributed by atoms with Crippen LogP contribution >= 0.6 is 0 Å². The molecule has 40 heavy (non-hydrogen) atoms. The molecule has 2 heterocycles. The lowest BCUT2D eigenvalue weighted by molar-refractivity contribution is 1.18. The van der Waals surface area contributed by atoms with Gasteiger partial charge in [0.25, 0.3) is 0 Å². The summed E-state index contributed by atoms with van der Waals surface area (Å²) in [6.45, 7) is 0. The lowest BCUT2D eigenvalue weighted by Gasteiger charge is -2.14. The molecule has 0 atom stereocenters. The van der Waals surface area contributed by atoms with Gasteiger partial charge >= 0.3 is 0 Å². The third-order valence-electron chi connectivity index (χ3n) is 6.92. The molecule has 0 amide bonds. The molecule has 0 aliphatic rings.